The zero-order chi connectivity index (χ0) is 19.0. The Bertz CT molecular complexity index is 480. The smallest absolute Gasteiger partial charge is 1.00 e. The van der Waals surface area contributed by atoms with Crippen LogP contribution >= 0.6 is 0 Å². The van der Waals surface area contributed by atoms with Crippen LogP contribution in [-0.4, -0.2) is 54.0 Å². The summed E-state index contributed by atoms with van der Waals surface area (Å²) in [6.07, 6.45) is 21.3. The first-order chi connectivity index (χ1) is 12.7. The first-order valence-electron chi connectivity index (χ1n) is 11.5. The molecule has 0 aliphatic carbocycles. The molecule has 0 aliphatic rings. The van der Waals surface area contributed by atoms with Crippen molar-refractivity contribution in [3.8, 4) is 5.75 Å². The number of unbranched alkanes of at least 4 members (excludes halogenated alkanes) is 12. The van der Waals surface area contributed by atoms with Gasteiger partial charge in [0.05, 0.1) is 0 Å². The molecule has 154 valence electrons. The van der Waals surface area contributed by atoms with Crippen LogP contribution in [0, 0.1) is 6.92 Å². The largest absolute Gasteiger partial charge is 2.00 e. The molecule has 0 unspecified atom stereocenters. The molecule has 1 rings (SSSR count). The number of hydrogen-bond donors (Lipinski definition) is 1. The van der Waals surface area contributed by atoms with Gasteiger partial charge in [-0.1, -0.05) is 97.0 Å². The summed E-state index contributed by atoms with van der Waals surface area (Å²) in [4.78, 5) is 0. The van der Waals surface area contributed by atoms with Crippen molar-refractivity contribution in [3.63, 3.8) is 0 Å². The minimum atomic E-state index is 0. The molecule has 0 aromatic heterocycles. The van der Waals surface area contributed by atoms with Crippen LogP contribution in [0.4, 0.5) is 0 Å². The van der Waals surface area contributed by atoms with Gasteiger partial charge in [-0.2, -0.15) is 0 Å². The van der Waals surface area contributed by atoms with Gasteiger partial charge in [0.15, 0.2) is 0 Å². The SMILES string of the molecule is CCCCCCCCCc1ccc(O)c(C)c1CCCCCCCCC.[Ba+2].[H-].[H-]. The Labute approximate surface area is 213 Å². The maximum Gasteiger partial charge on any atom is 2.00 e. The van der Waals surface area contributed by atoms with Gasteiger partial charge in [-0.25, -0.2) is 0 Å². The third kappa shape index (κ3) is 12.7. The zero-order valence-corrected chi connectivity index (χ0v) is 23.1. The normalized spacial score (nSPS) is 10.8. The first-order valence-corrected chi connectivity index (χ1v) is 11.5. The van der Waals surface area contributed by atoms with Gasteiger partial charge in [-0.05, 0) is 55.4 Å². The number of phenolic OH excluding ortho intramolecular Hbond substituents is 1. The summed E-state index contributed by atoms with van der Waals surface area (Å²) in [5.41, 5.74) is 4.04. The molecule has 1 aromatic carbocycles. The number of benzene rings is 1. The monoisotopic (exact) mass is 500 g/mol. The molecule has 0 atom stereocenters. The molecule has 0 saturated heterocycles. The van der Waals surface area contributed by atoms with Crippen molar-refractivity contribution in [2.75, 3.05) is 0 Å². The van der Waals surface area contributed by atoms with Crippen LogP contribution in [0.15, 0.2) is 12.1 Å². The summed E-state index contributed by atoms with van der Waals surface area (Å²) >= 11 is 0. The molecule has 0 amide bonds. The molecule has 0 spiro atoms. The molecule has 1 aromatic rings. The van der Waals surface area contributed by atoms with Gasteiger partial charge < -0.3 is 7.96 Å². The van der Waals surface area contributed by atoms with Crippen molar-refractivity contribution in [2.45, 2.75) is 124 Å². The Morgan fingerprint density at radius 1 is 0.667 bits per heavy atom. The number of hydrogen-bond acceptors (Lipinski definition) is 1. The molecule has 1 nitrogen and oxygen atoms in total. The molecule has 0 bridgehead atoms. The number of rotatable bonds is 16. The summed E-state index contributed by atoms with van der Waals surface area (Å²) in [5, 5.41) is 10.1. The molecule has 0 saturated carbocycles. The summed E-state index contributed by atoms with van der Waals surface area (Å²) in [6.45, 7) is 6.65. The van der Waals surface area contributed by atoms with Gasteiger partial charge in [0.2, 0.25) is 0 Å². The van der Waals surface area contributed by atoms with Crippen molar-refractivity contribution in [3.05, 3.63) is 28.8 Å². The summed E-state index contributed by atoms with van der Waals surface area (Å²) in [7, 11) is 0. The fourth-order valence-corrected chi connectivity index (χ4v) is 3.91. The van der Waals surface area contributed by atoms with Crippen molar-refractivity contribution < 1.29 is 7.96 Å². The van der Waals surface area contributed by atoms with E-state index in [9.17, 15) is 5.11 Å². The quantitative estimate of drug-likeness (QED) is 0.180. The maximum atomic E-state index is 10.1. The standard InChI is InChI=1S/C25H44O.Ba.2H/c1-4-6-8-10-12-14-16-18-23-20-21-25(26)22(3)24(23)19-17-15-13-11-9-7-5-2;;;/h20-21,26H,4-19H2,1-3H3;;;/q;+2;2*-1. The molecule has 0 heterocycles. The predicted molar refractivity (Wildman–Crippen MR) is 124 cm³/mol. The van der Waals surface area contributed by atoms with Crippen molar-refractivity contribution in [1.82, 2.24) is 0 Å². The van der Waals surface area contributed by atoms with Crippen LogP contribution in [0.1, 0.15) is 123 Å². The Balaban J connectivity index is -0.00000225. The van der Waals surface area contributed by atoms with Crippen LogP contribution in [0.25, 0.3) is 0 Å². The Morgan fingerprint density at radius 2 is 1.11 bits per heavy atom. The molecular weight excluding hydrogens is 454 g/mol. The van der Waals surface area contributed by atoms with Gasteiger partial charge in [0.1, 0.15) is 5.75 Å². The van der Waals surface area contributed by atoms with Gasteiger partial charge in [-0.15, -0.1) is 0 Å². The summed E-state index contributed by atoms with van der Waals surface area (Å²) < 4.78 is 0. The molecule has 1 N–H and O–H groups in total. The van der Waals surface area contributed by atoms with E-state index in [4.69, 9.17) is 0 Å². The molecule has 0 aliphatic heterocycles. The minimum Gasteiger partial charge on any atom is -1.00 e. The van der Waals surface area contributed by atoms with Crippen LogP contribution in [0.5, 0.6) is 5.75 Å². The molecular formula is C25H46BaO. The number of phenols is 1. The van der Waals surface area contributed by atoms with Crippen LogP contribution in [0.3, 0.4) is 0 Å². The Kier molecular flexibility index (Phi) is 19.0. The topological polar surface area (TPSA) is 20.2 Å². The summed E-state index contributed by atoms with van der Waals surface area (Å²) in [5.74, 6) is 0.478. The third-order valence-corrected chi connectivity index (χ3v) is 5.75. The second-order valence-corrected chi connectivity index (χ2v) is 8.09. The van der Waals surface area contributed by atoms with E-state index in [0.717, 1.165) is 12.0 Å². The fraction of sp³-hybridized carbons (Fsp3) is 0.760. The zero-order valence-electron chi connectivity index (χ0n) is 20.6. The second kappa shape index (κ2) is 18.6. The average Bonchev–Trinajstić information content (AvgIpc) is 2.64. The first kappa shape index (κ1) is 27.6. The van der Waals surface area contributed by atoms with E-state index in [1.807, 2.05) is 6.07 Å². The molecule has 2 heteroatoms. The Morgan fingerprint density at radius 3 is 1.63 bits per heavy atom. The number of aryl methyl sites for hydroxylation is 1. The Hall–Kier alpha value is 0.591. The van der Waals surface area contributed by atoms with E-state index in [1.54, 1.807) is 0 Å². The van der Waals surface area contributed by atoms with E-state index in [-0.39, 0.29) is 51.7 Å². The van der Waals surface area contributed by atoms with Crippen LogP contribution < -0.4 is 0 Å². The number of aromatic hydroxyl groups is 1. The van der Waals surface area contributed by atoms with Crippen molar-refractivity contribution in [2.24, 2.45) is 0 Å². The van der Waals surface area contributed by atoms with E-state index in [2.05, 4.69) is 26.8 Å². The van der Waals surface area contributed by atoms with Gasteiger partial charge >= 0.3 is 48.9 Å². The molecule has 0 radical (unpaired) electrons. The molecule has 27 heavy (non-hydrogen) atoms. The second-order valence-electron chi connectivity index (χ2n) is 8.09. The summed E-state index contributed by atoms with van der Waals surface area (Å²) in [6, 6.07) is 4.08. The van der Waals surface area contributed by atoms with Gasteiger partial charge in [-0.3, -0.25) is 0 Å². The average molecular weight is 500 g/mol. The van der Waals surface area contributed by atoms with Crippen molar-refractivity contribution in [1.29, 1.82) is 0 Å². The van der Waals surface area contributed by atoms with E-state index in [0.29, 0.717) is 5.75 Å². The van der Waals surface area contributed by atoms with Crippen molar-refractivity contribution >= 4 is 48.9 Å². The maximum absolute atomic E-state index is 10.1. The van der Waals surface area contributed by atoms with Crippen LogP contribution in [-0.2, 0) is 12.8 Å². The van der Waals surface area contributed by atoms with E-state index in [1.165, 1.54) is 107 Å². The fourth-order valence-electron chi connectivity index (χ4n) is 3.91. The minimum absolute atomic E-state index is 0. The van der Waals surface area contributed by atoms with Crippen LogP contribution in [0.2, 0.25) is 0 Å². The van der Waals surface area contributed by atoms with E-state index < -0.39 is 0 Å². The van der Waals surface area contributed by atoms with E-state index >= 15 is 0 Å². The predicted octanol–water partition coefficient (Wildman–Crippen LogP) is 8.13. The van der Waals surface area contributed by atoms with Gasteiger partial charge in [0, 0.05) is 0 Å². The third-order valence-electron chi connectivity index (χ3n) is 5.75. The van der Waals surface area contributed by atoms with Gasteiger partial charge in [0.25, 0.3) is 0 Å². The molecule has 0 fully saturated rings.